The molecule has 1 N–H and O–H groups in total. The number of benzene rings is 4. The van der Waals surface area contributed by atoms with Gasteiger partial charge in [-0.1, -0.05) is 71.8 Å². The van der Waals surface area contributed by atoms with Gasteiger partial charge in [-0.3, -0.25) is 0 Å². The van der Waals surface area contributed by atoms with Crippen molar-refractivity contribution >= 4 is 40.0 Å². The topological polar surface area (TPSA) is 15.3 Å². The Morgan fingerprint density at radius 2 is 1.20 bits per heavy atom. The first kappa shape index (κ1) is 20.1. The number of rotatable bonds is 5. The number of para-hydroxylation sites is 2. The third-order valence-corrected chi connectivity index (χ3v) is 5.58. The molecule has 0 unspecified atom stereocenters. The van der Waals surface area contributed by atoms with Gasteiger partial charge in [0.2, 0.25) is 0 Å². The number of nitrogens with zero attached hydrogens (tertiary/aromatic N) is 1. The standard InChI is InChI=1S/C27H25ClN2/c1-19-17-20(2)27(21(3)18-19)29-24-15-10-16-25(26(24)28)30(22-11-6-4-7-12-22)23-13-8-5-9-14-23/h4-18,29H,1-3H3. The summed E-state index contributed by atoms with van der Waals surface area (Å²) in [5, 5.41) is 4.26. The normalized spacial score (nSPS) is 10.7. The van der Waals surface area contributed by atoms with Crippen molar-refractivity contribution in [2.24, 2.45) is 0 Å². The number of aryl methyl sites for hydroxylation is 3. The fraction of sp³-hybridized carbons (Fsp3) is 0.111. The maximum Gasteiger partial charge on any atom is 0.0881 e. The molecule has 4 rings (SSSR count). The highest BCUT2D eigenvalue weighted by atomic mass is 35.5. The maximum absolute atomic E-state index is 6.99. The largest absolute Gasteiger partial charge is 0.354 e. The molecule has 0 heterocycles. The molecule has 30 heavy (non-hydrogen) atoms. The third kappa shape index (κ3) is 4.05. The lowest BCUT2D eigenvalue weighted by molar-refractivity contribution is 1.28. The molecule has 3 heteroatoms. The summed E-state index contributed by atoms with van der Waals surface area (Å²) in [4.78, 5) is 2.18. The summed E-state index contributed by atoms with van der Waals surface area (Å²) in [5.74, 6) is 0. The van der Waals surface area contributed by atoms with Gasteiger partial charge in [0, 0.05) is 17.1 Å². The number of halogens is 1. The summed E-state index contributed by atoms with van der Waals surface area (Å²) < 4.78 is 0. The van der Waals surface area contributed by atoms with Crippen LogP contribution in [0, 0.1) is 20.8 Å². The smallest absolute Gasteiger partial charge is 0.0881 e. The quantitative estimate of drug-likeness (QED) is 0.353. The second kappa shape index (κ2) is 8.64. The van der Waals surface area contributed by atoms with E-state index in [0.717, 1.165) is 28.4 Å². The van der Waals surface area contributed by atoms with Gasteiger partial charge in [0.25, 0.3) is 0 Å². The van der Waals surface area contributed by atoms with Crippen LogP contribution in [-0.2, 0) is 0 Å². The highest BCUT2D eigenvalue weighted by Crippen LogP contribution is 2.42. The van der Waals surface area contributed by atoms with Crippen molar-refractivity contribution in [2.45, 2.75) is 20.8 Å². The molecule has 0 bridgehead atoms. The highest BCUT2D eigenvalue weighted by molar-refractivity contribution is 6.36. The van der Waals surface area contributed by atoms with Crippen molar-refractivity contribution < 1.29 is 0 Å². The van der Waals surface area contributed by atoms with Crippen LogP contribution in [0.15, 0.2) is 91.0 Å². The van der Waals surface area contributed by atoms with Gasteiger partial charge in [0.05, 0.1) is 16.4 Å². The average molecular weight is 413 g/mol. The van der Waals surface area contributed by atoms with Crippen molar-refractivity contribution in [1.29, 1.82) is 0 Å². The molecule has 0 saturated heterocycles. The van der Waals surface area contributed by atoms with E-state index < -0.39 is 0 Å². The second-order valence-electron chi connectivity index (χ2n) is 7.54. The molecular formula is C27H25ClN2. The van der Waals surface area contributed by atoms with Crippen molar-refractivity contribution in [3.63, 3.8) is 0 Å². The van der Waals surface area contributed by atoms with Crippen LogP contribution >= 0.6 is 11.6 Å². The van der Waals surface area contributed by atoms with E-state index in [1.807, 2.05) is 48.5 Å². The average Bonchev–Trinajstić information content (AvgIpc) is 2.74. The third-order valence-electron chi connectivity index (χ3n) is 5.18. The van der Waals surface area contributed by atoms with Gasteiger partial charge in [-0.25, -0.2) is 0 Å². The Hall–Kier alpha value is -3.23. The molecule has 0 aliphatic carbocycles. The van der Waals surface area contributed by atoms with E-state index in [1.165, 1.54) is 16.7 Å². The molecule has 0 fully saturated rings. The molecule has 0 amide bonds. The molecule has 150 valence electrons. The van der Waals surface area contributed by atoms with E-state index in [-0.39, 0.29) is 0 Å². The van der Waals surface area contributed by atoms with Crippen LogP contribution in [0.2, 0.25) is 5.02 Å². The van der Waals surface area contributed by atoms with Crippen LogP contribution < -0.4 is 10.2 Å². The molecule has 0 saturated carbocycles. The highest BCUT2D eigenvalue weighted by Gasteiger charge is 2.17. The molecule has 0 aliphatic heterocycles. The Morgan fingerprint density at radius 3 is 1.73 bits per heavy atom. The maximum atomic E-state index is 6.99. The van der Waals surface area contributed by atoms with Crippen LogP contribution in [0.1, 0.15) is 16.7 Å². The minimum absolute atomic E-state index is 0.685. The van der Waals surface area contributed by atoms with Gasteiger partial charge < -0.3 is 10.2 Å². The Kier molecular flexibility index (Phi) is 5.78. The van der Waals surface area contributed by atoms with E-state index in [0.29, 0.717) is 5.02 Å². The fourth-order valence-corrected chi connectivity index (χ4v) is 4.14. The predicted octanol–water partition coefficient (Wildman–Crippen LogP) is 8.48. The fourth-order valence-electron chi connectivity index (χ4n) is 3.88. The lowest BCUT2D eigenvalue weighted by Gasteiger charge is -2.27. The minimum atomic E-state index is 0.685. The summed E-state index contributed by atoms with van der Waals surface area (Å²) in [6, 6.07) is 31.1. The molecule has 2 nitrogen and oxygen atoms in total. The van der Waals surface area contributed by atoms with Crippen molar-refractivity contribution in [2.75, 3.05) is 10.2 Å². The van der Waals surface area contributed by atoms with E-state index >= 15 is 0 Å². The Morgan fingerprint density at radius 1 is 0.667 bits per heavy atom. The van der Waals surface area contributed by atoms with E-state index in [4.69, 9.17) is 11.6 Å². The minimum Gasteiger partial charge on any atom is -0.354 e. The van der Waals surface area contributed by atoms with Gasteiger partial charge in [0.15, 0.2) is 0 Å². The summed E-state index contributed by atoms with van der Waals surface area (Å²) in [6.45, 7) is 6.37. The zero-order valence-corrected chi connectivity index (χ0v) is 18.2. The van der Waals surface area contributed by atoms with Gasteiger partial charge in [-0.2, -0.15) is 0 Å². The summed E-state index contributed by atoms with van der Waals surface area (Å²) in [7, 11) is 0. The summed E-state index contributed by atoms with van der Waals surface area (Å²) in [5.41, 5.74) is 8.72. The number of hydrogen-bond acceptors (Lipinski definition) is 2. The summed E-state index contributed by atoms with van der Waals surface area (Å²) in [6.07, 6.45) is 0. The first-order valence-electron chi connectivity index (χ1n) is 10.1. The lowest BCUT2D eigenvalue weighted by atomic mass is 10.0. The Labute approximate surface area is 183 Å². The van der Waals surface area contributed by atoms with Crippen LogP contribution in [0.25, 0.3) is 0 Å². The Bertz CT molecular complexity index is 1090. The molecule has 0 spiro atoms. The first-order chi connectivity index (χ1) is 14.5. The SMILES string of the molecule is Cc1cc(C)c(Nc2cccc(N(c3ccccc3)c3ccccc3)c2Cl)c(C)c1. The van der Waals surface area contributed by atoms with Crippen molar-refractivity contribution in [1.82, 2.24) is 0 Å². The molecule has 0 aliphatic rings. The second-order valence-corrected chi connectivity index (χ2v) is 7.92. The molecule has 4 aromatic rings. The van der Waals surface area contributed by atoms with Gasteiger partial charge >= 0.3 is 0 Å². The summed E-state index contributed by atoms with van der Waals surface area (Å²) >= 11 is 6.99. The molecule has 0 atom stereocenters. The van der Waals surface area contributed by atoms with Gasteiger partial charge in [0.1, 0.15) is 0 Å². The molecule has 0 radical (unpaired) electrons. The van der Waals surface area contributed by atoms with Crippen LogP contribution in [-0.4, -0.2) is 0 Å². The van der Waals surface area contributed by atoms with Crippen LogP contribution in [0.5, 0.6) is 0 Å². The number of anilines is 5. The zero-order valence-electron chi connectivity index (χ0n) is 17.5. The zero-order chi connectivity index (χ0) is 21.1. The first-order valence-corrected chi connectivity index (χ1v) is 10.5. The Balaban J connectivity index is 1.81. The number of hydrogen-bond donors (Lipinski definition) is 1. The number of nitrogens with one attached hydrogen (secondary N) is 1. The van der Waals surface area contributed by atoms with E-state index in [2.05, 4.69) is 73.5 Å². The predicted molar refractivity (Wildman–Crippen MR) is 130 cm³/mol. The van der Waals surface area contributed by atoms with Crippen molar-refractivity contribution in [3.05, 3.63) is 113 Å². The van der Waals surface area contributed by atoms with Crippen LogP contribution in [0.4, 0.5) is 28.4 Å². The monoisotopic (exact) mass is 412 g/mol. The molecular weight excluding hydrogens is 388 g/mol. The van der Waals surface area contributed by atoms with Crippen LogP contribution in [0.3, 0.4) is 0 Å². The van der Waals surface area contributed by atoms with Gasteiger partial charge in [-0.05, 0) is 68.3 Å². The van der Waals surface area contributed by atoms with Gasteiger partial charge in [-0.15, -0.1) is 0 Å². The molecule has 0 aromatic heterocycles. The van der Waals surface area contributed by atoms with Crippen molar-refractivity contribution in [3.8, 4) is 0 Å². The molecule has 4 aromatic carbocycles. The lowest BCUT2D eigenvalue weighted by Crippen LogP contribution is -2.11. The van der Waals surface area contributed by atoms with E-state index in [9.17, 15) is 0 Å². The van der Waals surface area contributed by atoms with E-state index in [1.54, 1.807) is 0 Å².